The summed E-state index contributed by atoms with van der Waals surface area (Å²) in [5, 5.41) is 10.8. The summed E-state index contributed by atoms with van der Waals surface area (Å²) in [4.78, 5) is 14.6. The number of nitrogens with one attached hydrogen (secondary N) is 2. The van der Waals surface area contributed by atoms with E-state index in [1.807, 2.05) is 49.2 Å². The number of amides is 1. The largest absolute Gasteiger partial charge is 0.492 e. The molecule has 1 unspecified atom stereocenters. The van der Waals surface area contributed by atoms with Crippen LogP contribution in [0.3, 0.4) is 0 Å². The van der Waals surface area contributed by atoms with Gasteiger partial charge in [-0.2, -0.15) is 5.10 Å². The fourth-order valence-corrected chi connectivity index (χ4v) is 3.12. The molecular weight excluding hydrogens is 342 g/mol. The van der Waals surface area contributed by atoms with Crippen molar-refractivity contribution in [2.24, 2.45) is 0 Å². The van der Waals surface area contributed by atoms with Crippen molar-refractivity contribution in [2.45, 2.75) is 25.4 Å². The molecule has 0 saturated carbocycles. The number of rotatable bonds is 8. The van der Waals surface area contributed by atoms with Gasteiger partial charge in [-0.05, 0) is 45.6 Å². The van der Waals surface area contributed by atoms with Gasteiger partial charge in [-0.3, -0.25) is 9.48 Å². The Morgan fingerprint density at radius 1 is 1.37 bits per heavy atom. The third-order valence-corrected chi connectivity index (χ3v) is 4.69. The number of likely N-dealkylation sites (N-methyl/N-ethyl adjacent to an activating group) is 1. The summed E-state index contributed by atoms with van der Waals surface area (Å²) in [7, 11) is 4.02. The van der Waals surface area contributed by atoms with Crippen LogP contribution in [0.4, 0.5) is 0 Å². The standard InChI is InChI=1S/C20H29N5O2/c1-24(2)12-13-27-19-8-4-3-6-16(19)14-22-20(26)18-9-11-25(23-18)17-7-5-10-21-15-17/h3-4,6,8-9,11,17,21H,5,7,10,12-15H2,1-2H3,(H,22,26). The van der Waals surface area contributed by atoms with E-state index in [9.17, 15) is 4.79 Å². The zero-order valence-electron chi connectivity index (χ0n) is 16.1. The maximum Gasteiger partial charge on any atom is 0.272 e. The number of nitrogens with zero attached hydrogens (tertiary/aromatic N) is 3. The number of aromatic nitrogens is 2. The molecule has 2 heterocycles. The molecular formula is C20H29N5O2. The van der Waals surface area contributed by atoms with E-state index in [0.717, 1.165) is 43.8 Å². The Kier molecular flexibility index (Phi) is 6.84. The normalized spacial score (nSPS) is 17.1. The summed E-state index contributed by atoms with van der Waals surface area (Å²) < 4.78 is 7.75. The molecule has 1 aliphatic rings. The summed E-state index contributed by atoms with van der Waals surface area (Å²) in [5.74, 6) is 0.638. The molecule has 2 N–H and O–H groups in total. The lowest BCUT2D eigenvalue weighted by atomic mass is 10.1. The van der Waals surface area contributed by atoms with E-state index in [1.54, 1.807) is 6.07 Å². The predicted molar refractivity (Wildman–Crippen MR) is 105 cm³/mol. The van der Waals surface area contributed by atoms with Crippen LogP contribution in [0.1, 0.15) is 34.9 Å². The monoisotopic (exact) mass is 371 g/mol. The Labute approximate surface area is 160 Å². The van der Waals surface area contributed by atoms with Crippen LogP contribution in [0.5, 0.6) is 5.75 Å². The van der Waals surface area contributed by atoms with Crippen molar-refractivity contribution < 1.29 is 9.53 Å². The topological polar surface area (TPSA) is 71.4 Å². The molecule has 7 heteroatoms. The number of para-hydroxylation sites is 1. The second-order valence-electron chi connectivity index (χ2n) is 7.12. The van der Waals surface area contributed by atoms with Gasteiger partial charge in [0.2, 0.25) is 0 Å². The maximum absolute atomic E-state index is 12.5. The van der Waals surface area contributed by atoms with Gasteiger partial charge in [0.05, 0.1) is 6.04 Å². The summed E-state index contributed by atoms with van der Waals surface area (Å²) >= 11 is 0. The van der Waals surface area contributed by atoms with Gasteiger partial charge in [0.15, 0.2) is 0 Å². The fourth-order valence-electron chi connectivity index (χ4n) is 3.12. The number of ether oxygens (including phenoxy) is 1. The van der Waals surface area contributed by atoms with Gasteiger partial charge in [0.25, 0.3) is 5.91 Å². The highest BCUT2D eigenvalue weighted by molar-refractivity contribution is 5.92. The van der Waals surface area contributed by atoms with Crippen LogP contribution in [-0.2, 0) is 6.54 Å². The lowest BCUT2D eigenvalue weighted by Crippen LogP contribution is -2.32. The number of carbonyl (C=O) groups is 1. The molecule has 0 radical (unpaired) electrons. The minimum atomic E-state index is -0.166. The Bertz CT molecular complexity index is 737. The predicted octanol–water partition coefficient (Wildman–Crippen LogP) is 1.68. The van der Waals surface area contributed by atoms with Crippen LogP contribution in [0, 0.1) is 0 Å². The van der Waals surface area contributed by atoms with Crippen molar-refractivity contribution in [3.8, 4) is 5.75 Å². The van der Waals surface area contributed by atoms with E-state index >= 15 is 0 Å². The molecule has 1 aromatic carbocycles. The van der Waals surface area contributed by atoms with Crippen LogP contribution >= 0.6 is 0 Å². The SMILES string of the molecule is CN(C)CCOc1ccccc1CNC(=O)c1ccn(C2CCCNC2)n1. The van der Waals surface area contributed by atoms with Crippen molar-refractivity contribution in [3.63, 3.8) is 0 Å². The highest BCUT2D eigenvalue weighted by Gasteiger charge is 2.17. The summed E-state index contributed by atoms with van der Waals surface area (Å²) in [6.45, 7) is 3.82. The second-order valence-corrected chi connectivity index (χ2v) is 7.12. The molecule has 146 valence electrons. The van der Waals surface area contributed by atoms with Crippen LogP contribution in [-0.4, -0.2) is 60.9 Å². The van der Waals surface area contributed by atoms with Crippen molar-refractivity contribution >= 4 is 5.91 Å². The molecule has 1 aliphatic heterocycles. The van der Waals surface area contributed by atoms with E-state index in [4.69, 9.17) is 4.74 Å². The molecule has 7 nitrogen and oxygen atoms in total. The van der Waals surface area contributed by atoms with Gasteiger partial charge in [-0.1, -0.05) is 18.2 Å². The van der Waals surface area contributed by atoms with Gasteiger partial charge >= 0.3 is 0 Å². The fraction of sp³-hybridized carbons (Fsp3) is 0.500. The Hall–Kier alpha value is -2.38. The molecule has 27 heavy (non-hydrogen) atoms. The van der Waals surface area contributed by atoms with Gasteiger partial charge in [0, 0.05) is 31.4 Å². The molecule has 3 rings (SSSR count). The van der Waals surface area contributed by atoms with Gasteiger partial charge < -0.3 is 20.3 Å². The quantitative estimate of drug-likeness (QED) is 0.739. The van der Waals surface area contributed by atoms with Gasteiger partial charge in [-0.25, -0.2) is 0 Å². The first kappa shape index (κ1) is 19.4. The van der Waals surface area contributed by atoms with Crippen LogP contribution in [0.2, 0.25) is 0 Å². The van der Waals surface area contributed by atoms with Crippen molar-refractivity contribution in [1.29, 1.82) is 0 Å². The van der Waals surface area contributed by atoms with E-state index in [-0.39, 0.29) is 5.91 Å². The zero-order valence-corrected chi connectivity index (χ0v) is 16.1. The minimum Gasteiger partial charge on any atom is -0.492 e. The molecule has 1 amide bonds. The zero-order chi connectivity index (χ0) is 19.1. The first-order valence-corrected chi connectivity index (χ1v) is 9.53. The van der Waals surface area contributed by atoms with Crippen LogP contribution in [0.25, 0.3) is 0 Å². The molecule has 0 bridgehead atoms. The highest BCUT2D eigenvalue weighted by atomic mass is 16.5. The Balaban J connectivity index is 1.55. The van der Waals surface area contributed by atoms with Crippen molar-refractivity contribution in [2.75, 3.05) is 40.3 Å². The van der Waals surface area contributed by atoms with Crippen LogP contribution in [0.15, 0.2) is 36.5 Å². The molecule has 1 aromatic heterocycles. The number of carbonyl (C=O) groups excluding carboxylic acids is 1. The van der Waals surface area contributed by atoms with E-state index in [2.05, 4.69) is 20.6 Å². The number of piperidine rings is 1. The Morgan fingerprint density at radius 3 is 3.00 bits per heavy atom. The molecule has 1 fully saturated rings. The number of hydrogen-bond acceptors (Lipinski definition) is 5. The Morgan fingerprint density at radius 2 is 2.22 bits per heavy atom. The van der Waals surface area contributed by atoms with E-state index in [0.29, 0.717) is 24.9 Å². The van der Waals surface area contributed by atoms with Crippen molar-refractivity contribution in [3.05, 3.63) is 47.8 Å². The summed E-state index contributed by atoms with van der Waals surface area (Å²) in [5.41, 5.74) is 1.41. The first-order chi connectivity index (χ1) is 13.1. The molecule has 1 atom stereocenters. The summed E-state index contributed by atoms with van der Waals surface area (Å²) in [6, 6.07) is 9.90. The minimum absolute atomic E-state index is 0.166. The summed E-state index contributed by atoms with van der Waals surface area (Å²) in [6.07, 6.45) is 4.12. The number of benzene rings is 1. The second kappa shape index (κ2) is 9.53. The van der Waals surface area contributed by atoms with Crippen molar-refractivity contribution in [1.82, 2.24) is 25.3 Å². The molecule has 0 aliphatic carbocycles. The average molecular weight is 371 g/mol. The highest BCUT2D eigenvalue weighted by Crippen LogP contribution is 2.18. The maximum atomic E-state index is 12.5. The molecule has 2 aromatic rings. The smallest absolute Gasteiger partial charge is 0.272 e. The number of hydrogen-bond donors (Lipinski definition) is 2. The van der Waals surface area contributed by atoms with E-state index in [1.165, 1.54) is 0 Å². The third-order valence-electron chi connectivity index (χ3n) is 4.69. The molecule has 1 saturated heterocycles. The van der Waals surface area contributed by atoms with E-state index < -0.39 is 0 Å². The molecule has 0 spiro atoms. The first-order valence-electron chi connectivity index (χ1n) is 9.53. The average Bonchev–Trinajstić information content (AvgIpc) is 3.18. The van der Waals surface area contributed by atoms with Gasteiger partial charge in [0.1, 0.15) is 18.1 Å². The lowest BCUT2D eigenvalue weighted by molar-refractivity contribution is 0.0944. The lowest BCUT2D eigenvalue weighted by Gasteiger charge is -2.22. The van der Waals surface area contributed by atoms with Gasteiger partial charge in [-0.15, -0.1) is 0 Å². The third kappa shape index (κ3) is 5.55. The van der Waals surface area contributed by atoms with Crippen LogP contribution < -0.4 is 15.4 Å².